The SMILES string of the molecule is NC(CCC(=O)Cc1ccccc1Cl)c1ccccc1. The first-order chi connectivity index (χ1) is 9.66. The summed E-state index contributed by atoms with van der Waals surface area (Å²) in [6, 6.07) is 17.2. The fourth-order valence-corrected chi connectivity index (χ4v) is 2.33. The quantitative estimate of drug-likeness (QED) is 0.875. The van der Waals surface area contributed by atoms with Crippen LogP contribution >= 0.6 is 11.6 Å². The molecule has 0 aromatic heterocycles. The van der Waals surface area contributed by atoms with Crippen LogP contribution in [0.25, 0.3) is 0 Å². The van der Waals surface area contributed by atoms with E-state index in [1.807, 2.05) is 48.5 Å². The van der Waals surface area contributed by atoms with Crippen molar-refractivity contribution < 1.29 is 4.79 Å². The Bertz CT molecular complexity index is 568. The van der Waals surface area contributed by atoms with Gasteiger partial charge in [-0.1, -0.05) is 60.1 Å². The van der Waals surface area contributed by atoms with Gasteiger partial charge in [0.05, 0.1) is 0 Å². The molecular weight excluding hydrogens is 270 g/mol. The highest BCUT2D eigenvalue weighted by molar-refractivity contribution is 6.31. The molecule has 0 aliphatic carbocycles. The van der Waals surface area contributed by atoms with Gasteiger partial charge < -0.3 is 5.73 Å². The van der Waals surface area contributed by atoms with E-state index >= 15 is 0 Å². The predicted molar refractivity (Wildman–Crippen MR) is 82.8 cm³/mol. The maximum Gasteiger partial charge on any atom is 0.137 e. The number of hydrogen-bond acceptors (Lipinski definition) is 2. The maximum atomic E-state index is 12.0. The summed E-state index contributed by atoms with van der Waals surface area (Å²) >= 11 is 6.05. The monoisotopic (exact) mass is 287 g/mol. The van der Waals surface area contributed by atoms with Gasteiger partial charge >= 0.3 is 0 Å². The molecule has 2 aromatic rings. The summed E-state index contributed by atoms with van der Waals surface area (Å²) in [7, 11) is 0. The largest absolute Gasteiger partial charge is 0.324 e. The van der Waals surface area contributed by atoms with Crippen molar-refractivity contribution in [3.63, 3.8) is 0 Å². The molecule has 104 valence electrons. The summed E-state index contributed by atoms with van der Waals surface area (Å²) in [5.74, 6) is 0.171. The van der Waals surface area contributed by atoms with Crippen molar-refractivity contribution in [1.29, 1.82) is 0 Å². The van der Waals surface area contributed by atoms with Crippen LogP contribution in [0.15, 0.2) is 54.6 Å². The van der Waals surface area contributed by atoms with Gasteiger partial charge in [-0.25, -0.2) is 0 Å². The topological polar surface area (TPSA) is 43.1 Å². The molecule has 1 atom stereocenters. The van der Waals surface area contributed by atoms with E-state index in [1.54, 1.807) is 6.07 Å². The summed E-state index contributed by atoms with van der Waals surface area (Å²) in [5.41, 5.74) is 8.04. The second-order valence-electron chi connectivity index (χ2n) is 4.86. The first kappa shape index (κ1) is 14.8. The number of ketones is 1. The fraction of sp³-hybridized carbons (Fsp3) is 0.235. The standard InChI is InChI=1S/C17H18ClNO/c18-16-9-5-4-8-14(16)12-15(20)10-11-17(19)13-6-2-1-3-7-13/h1-9,17H,10-12,19H2. The third-order valence-electron chi connectivity index (χ3n) is 3.31. The normalized spacial score (nSPS) is 12.1. The van der Waals surface area contributed by atoms with E-state index in [2.05, 4.69) is 0 Å². The molecule has 3 heteroatoms. The van der Waals surface area contributed by atoms with Crippen LogP contribution in [0.4, 0.5) is 0 Å². The van der Waals surface area contributed by atoms with Crippen molar-refractivity contribution >= 4 is 17.4 Å². The Kier molecular flexibility index (Phi) is 5.33. The van der Waals surface area contributed by atoms with Gasteiger partial charge in [0.2, 0.25) is 0 Å². The number of hydrogen-bond donors (Lipinski definition) is 1. The second kappa shape index (κ2) is 7.22. The van der Waals surface area contributed by atoms with Gasteiger partial charge in [0.25, 0.3) is 0 Å². The minimum Gasteiger partial charge on any atom is -0.324 e. The second-order valence-corrected chi connectivity index (χ2v) is 5.27. The minimum absolute atomic E-state index is 0.0913. The Labute approximate surface area is 124 Å². The van der Waals surface area contributed by atoms with Gasteiger partial charge in [-0.05, 0) is 23.6 Å². The predicted octanol–water partition coefficient (Wildman–Crippen LogP) is 3.93. The van der Waals surface area contributed by atoms with E-state index in [1.165, 1.54) is 0 Å². The molecule has 2 N–H and O–H groups in total. The molecule has 0 fully saturated rings. The Morgan fingerprint density at radius 3 is 2.40 bits per heavy atom. The van der Waals surface area contributed by atoms with Gasteiger partial charge in [0, 0.05) is 23.9 Å². The molecule has 0 radical (unpaired) electrons. The third kappa shape index (κ3) is 4.19. The van der Waals surface area contributed by atoms with Gasteiger partial charge in [-0.2, -0.15) is 0 Å². The lowest BCUT2D eigenvalue weighted by molar-refractivity contribution is -0.118. The van der Waals surface area contributed by atoms with Crippen LogP contribution in [0, 0.1) is 0 Å². The zero-order valence-corrected chi connectivity index (χ0v) is 12.0. The third-order valence-corrected chi connectivity index (χ3v) is 3.68. The van der Waals surface area contributed by atoms with E-state index in [9.17, 15) is 4.79 Å². The molecule has 0 spiro atoms. The van der Waals surface area contributed by atoms with E-state index in [0.29, 0.717) is 24.3 Å². The van der Waals surface area contributed by atoms with E-state index in [-0.39, 0.29) is 11.8 Å². The zero-order valence-electron chi connectivity index (χ0n) is 11.3. The average molecular weight is 288 g/mol. The summed E-state index contributed by atoms with van der Waals surface area (Å²) in [4.78, 5) is 12.0. The Morgan fingerprint density at radius 1 is 1.05 bits per heavy atom. The van der Waals surface area contributed by atoms with Crippen molar-refractivity contribution in [2.24, 2.45) is 5.73 Å². The van der Waals surface area contributed by atoms with E-state index in [0.717, 1.165) is 11.1 Å². The van der Waals surface area contributed by atoms with Crippen molar-refractivity contribution in [2.75, 3.05) is 0 Å². The fourth-order valence-electron chi connectivity index (χ4n) is 2.13. The van der Waals surface area contributed by atoms with Crippen molar-refractivity contribution in [3.05, 3.63) is 70.7 Å². The van der Waals surface area contributed by atoms with Crippen LogP contribution < -0.4 is 5.73 Å². The number of Topliss-reactive ketones (excluding diaryl/α,β-unsaturated/α-hetero) is 1. The van der Waals surface area contributed by atoms with Gasteiger partial charge in [0.15, 0.2) is 0 Å². The van der Waals surface area contributed by atoms with Crippen LogP contribution in [-0.2, 0) is 11.2 Å². The highest BCUT2D eigenvalue weighted by Gasteiger charge is 2.10. The molecule has 0 aliphatic heterocycles. The number of carbonyl (C=O) groups is 1. The van der Waals surface area contributed by atoms with Crippen LogP contribution in [0.3, 0.4) is 0 Å². The van der Waals surface area contributed by atoms with E-state index < -0.39 is 0 Å². The van der Waals surface area contributed by atoms with Crippen LogP contribution in [0.5, 0.6) is 0 Å². The molecule has 1 unspecified atom stereocenters. The first-order valence-corrected chi connectivity index (χ1v) is 7.10. The van der Waals surface area contributed by atoms with Crippen molar-refractivity contribution in [1.82, 2.24) is 0 Å². The molecule has 0 amide bonds. The Balaban J connectivity index is 1.85. The molecule has 2 nitrogen and oxygen atoms in total. The van der Waals surface area contributed by atoms with Gasteiger partial charge in [-0.15, -0.1) is 0 Å². The van der Waals surface area contributed by atoms with Gasteiger partial charge in [0.1, 0.15) is 5.78 Å². The number of halogens is 1. The molecule has 0 saturated heterocycles. The number of rotatable bonds is 6. The number of nitrogens with two attached hydrogens (primary N) is 1. The lowest BCUT2D eigenvalue weighted by atomic mass is 9.99. The Morgan fingerprint density at radius 2 is 1.70 bits per heavy atom. The Hall–Kier alpha value is -1.64. The highest BCUT2D eigenvalue weighted by atomic mass is 35.5. The van der Waals surface area contributed by atoms with Crippen molar-refractivity contribution in [3.8, 4) is 0 Å². The summed E-state index contributed by atoms with van der Waals surface area (Å²) in [5, 5.41) is 0.646. The minimum atomic E-state index is -0.0913. The van der Waals surface area contributed by atoms with E-state index in [4.69, 9.17) is 17.3 Å². The molecular formula is C17H18ClNO. The molecule has 0 aliphatic rings. The molecule has 2 aromatic carbocycles. The molecule has 0 bridgehead atoms. The lowest BCUT2D eigenvalue weighted by Gasteiger charge is -2.11. The van der Waals surface area contributed by atoms with Crippen LogP contribution in [-0.4, -0.2) is 5.78 Å². The summed E-state index contributed by atoms with van der Waals surface area (Å²) < 4.78 is 0. The lowest BCUT2D eigenvalue weighted by Crippen LogP contribution is -2.13. The van der Waals surface area contributed by atoms with Crippen LogP contribution in [0.1, 0.15) is 30.0 Å². The zero-order chi connectivity index (χ0) is 14.4. The first-order valence-electron chi connectivity index (χ1n) is 6.72. The molecule has 20 heavy (non-hydrogen) atoms. The number of benzene rings is 2. The smallest absolute Gasteiger partial charge is 0.137 e. The molecule has 2 rings (SSSR count). The number of carbonyl (C=O) groups excluding carboxylic acids is 1. The highest BCUT2D eigenvalue weighted by Crippen LogP contribution is 2.19. The summed E-state index contributed by atoms with van der Waals surface area (Å²) in [6.45, 7) is 0. The summed E-state index contributed by atoms with van der Waals surface area (Å²) in [6.07, 6.45) is 1.51. The molecule has 0 saturated carbocycles. The average Bonchev–Trinajstić information content (AvgIpc) is 2.48. The maximum absolute atomic E-state index is 12.0. The van der Waals surface area contributed by atoms with Gasteiger partial charge in [-0.3, -0.25) is 4.79 Å². The van der Waals surface area contributed by atoms with Crippen LogP contribution in [0.2, 0.25) is 5.02 Å². The molecule has 0 heterocycles. The van der Waals surface area contributed by atoms with Crippen molar-refractivity contribution in [2.45, 2.75) is 25.3 Å².